The molecule has 1 aromatic carbocycles. The Bertz CT molecular complexity index is 443. The van der Waals surface area contributed by atoms with Crippen molar-refractivity contribution in [3.63, 3.8) is 0 Å². The number of terminal acetylenes is 1. The summed E-state index contributed by atoms with van der Waals surface area (Å²) in [4.78, 5) is 22.4. The average Bonchev–Trinajstić information content (AvgIpc) is 2.26. The molecule has 0 bridgehead atoms. The molecule has 0 aromatic heterocycles. The van der Waals surface area contributed by atoms with Crippen molar-refractivity contribution in [2.24, 2.45) is 5.73 Å². The molecule has 0 fully saturated rings. The van der Waals surface area contributed by atoms with E-state index in [0.29, 0.717) is 5.56 Å². The first-order valence-corrected chi connectivity index (χ1v) is 4.67. The van der Waals surface area contributed by atoms with Gasteiger partial charge in [0, 0.05) is 5.56 Å². The summed E-state index contributed by atoms with van der Waals surface area (Å²) in [6, 6.07) is 5.82. The van der Waals surface area contributed by atoms with Crippen LogP contribution in [0.15, 0.2) is 24.3 Å². The number of carbonyl (C=O) groups is 2. The molecule has 0 aliphatic carbocycles. The van der Waals surface area contributed by atoms with E-state index >= 15 is 0 Å². The summed E-state index contributed by atoms with van der Waals surface area (Å²) in [6.45, 7) is 1.91. The van der Waals surface area contributed by atoms with Crippen LogP contribution in [0.5, 0.6) is 0 Å². The Kier molecular flexibility index (Phi) is 3.67. The fourth-order valence-electron chi connectivity index (χ4n) is 1.11. The Morgan fingerprint density at radius 2 is 1.94 bits per heavy atom. The first kappa shape index (κ1) is 11.8. The number of primary amides is 1. The molecular formula is C12H12N2O2. The fourth-order valence-corrected chi connectivity index (χ4v) is 1.11. The van der Waals surface area contributed by atoms with Crippen LogP contribution >= 0.6 is 0 Å². The quantitative estimate of drug-likeness (QED) is 0.709. The zero-order valence-corrected chi connectivity index (χ0v) is 8.86. The number of aryl methyl sites for hydroxylation is 1. The lowest BCUT2D eigenvalue weighted by Crippen LogP contribution is -2.43. The van der Waals surface area contributed by atoms with Crippen molar-refractivity contribution in [3.8, 4) is 12.3 Å². The van der Waals surface area contributed by atoms with Gasteiger partial charge < -0.3 is 11.1 Å². The summed E-state index contributed by atoms with van der Waals surface area (Å²) in [5, 5.41) is 2.35. The minimum atomic E-state index is -1.08. The summed E-state index contributed by atoms with van der Waals surface area (Å²) >= 11 is 0. The topological polar surface area (TPSA) is 72.2 Å². The lowest BCUT2D eigenvalue weighted by atomic mass is 10.1. The van der Waals surface area contributed by atoms with Crippen molar-refractivity contribution in [1.29, 1.82) is 0 Å². The Morgan fingerprint density at radius 1 is 1.38 bits per heavy atom. The summed E-state index contributed by atoms with van der Waals surface area (Å²) in [5.74, 6) is 0.945. The monoisotopic (exact) mass is 216 g/mol. The van der Waals surface area contributed by atoms with E-state index in [9.17, 15) is 9.59 Å². The number of nitrogens with two attached hydrogens (primary N) is 1. The van der Waals surface area contributed by atoms with Crippen molar-refractivity contribution >= 4 is 11.8 Å². The highest BCUT2D eigenvalue weighted by atomic mass is 16.2. The third-order valence-corrected chi connectivity index (χ3v) is 2.04. The first-order valence-electron chi connectivity index (χ1n) is 4.67. The Hall–Kier alpha value is -2.28. The molecule has 0 saturated carbocycles. The predicted molar refractivity (Wildman–Crippen MR) is 60.5 cm³/mol. The van der Waals surface area contributed by atoms with E-state index in [2.05, 4.69) is 11.2 Å². The number of nitrogens with one attached hydrogen (secondary N) is 1. The third kappa shape index (κ3) is 2.85. The highest BCUT2D eigenvalue weighted by Gasteiger charge is 2.15. The second kappa shape index (κ2) is 4.99. The molecule has 0 radical (unpaired) electrons. The SMILES string of the molecule is C#C[C@H](NC(=O)c1ccc(C)cc1)C(N)=O. The van der Waals surface area contributed by atoms with Crippen molar-refractivity contribution in [2.45, 2.75) is 13.0 Å². The molecule has 0 spiro atoms. The molecule has 3 N–H and O–H groups in total. The smallest absolute Gasteiger partial charge is 0.252 e. The second-order valence-electron chi connectivity index (χ2n) is 3.34. The second-order valence-corrected chi connectivity index (χ2v) is 3.34. The van der Waals surface area contributed by atoms with Crippen LogP contribution in [-0.2, 0) is 4.79 Å². The van der Waals surface area contributed by atoms with Crippen molar-refractivity contribution in [2.75, 3.05) is 0 Å². The van der Waals surface area contributed by atoms with Gasteiger partial charge in [-0.3, -0.25) is 9.59 Å². The minimum absolute atomic E-state index is 0.415. The fraction of sp³-hybridized carbons (Fsp3) is 0.167. The summed E-state index contributed by atoms with van der Waals surface area (Å²) < 4.78 is 0. The lowest BCUT2D eigenvalue weighted by molar-refractivity contribution is -0.118. The van der Waals surface area contributed by atoms with E-state index < -0.39 is 17.9 Å². The largest absolute Gasteiger partial charge is 0.367 e. The number of benzene rings is 1. The molecule has 2 amide bonds. The number of rotatable bonds is 3. The maximum absolute atomic E-state index is 11.6. The van der Waals surface area contributed by atoms with E-state index in [0.717, 1.165) is 5.56 Å². The number of hydrogen-bond acceptors (Lipinski definition) is 2. The molecular weight excluding hydrogens is 204 g/mol. The summed E-state index contributed by atoms with van der Waals surface area (Å²) in [7, 11) is 0. The van der Waals surface area contributed by atoms with Gasteiger partial charge in [0.25, 0.3) is 11.8 Å². The lowest BCUT2D eigenvalue weighted by Gasteiger charge is -2.09. The van der Waals surface area contributed by atoms with Crippen molar-refractivity contribution in [3.05, 3.63) is 35.4 Å². The van der Waals surface area contributed by atoms with Gasteiger partial charge in [0.2, 0.25) is 0 Å². The van der Waals surface area contributed by atoms with Crippen LogP contribution in [0.4, 0.5) is 0 Å². The van der Waals surface area contributed by atoms with Gasteiger partial charge in [-0.15, -0.1) is 6.42 Å². The number of hydrogen-bond donors (Lipinski definition) is 2. The van der Waals surface area contributed by atoms with Crippen LogP contribution in [-0.4, -0.2) is 17.9 Å². The van der Waals surface area contributed by atoms with E-state index in [4.69, 9.17) is 12.2 Å². The van der Waals surface area contributed by atoms with Crippen molar-refractivity contribution < 1.29 is 9.59 Å². The molecule has 16 heavy (non-hydrogen) atoms. The van der Waals surface area contributed by atoms with Gasteiger partial charge in [-0.2, -0.15) is 0 Å². The van der Waals surface area contributed by atoms with E-state index in [1.165, 1.54) is 0 Å². The third-order valence-electron chi connectivity index (χ3n) is 2.04. The molecule has 4 heteroatoms. The van der Waals surface area contributed by atoms with Crippen LogP contribution in [0.2, 0.25) is 0 Å². The summed E-state index contributed by atoms with van der Waals surface area (Å²) in [6.07, 6.45) is 5.06. The predicted octanol–water partition coefficient (Wildman–Crippen LogP) is 0.212. The normalized spacial score (nSPS) is 11.2. The van der Waals surface area contributed by atoms with Gasteiger partial charge in [0.1, 0.15) is 0 Å². The zero-order valence-electron chi connectivity index (χ0n) is 8.86. The molecule has 0 aliphatic rings. The van der Waals surface area contributed by atoms with Gasteiger partial charge in [0.15, 0.2) is 6.04 Å². The Labute approximate surface area is 93.8 Å². The first-order chi connectivity index (χ1) is 7.54. The van der Waals surface area contributed by atoms with Crippen molar-refractivity contribution in [1.82, 2.24) is 5.32 Å². The van der Waals surface area contributed by atoms with Crippen LogP contribution < -0.4 is 11.1 Å². The van der Waals surface area contributed by atoms with Crippen LogP contribution in [0, 0.1) is 19.3 Å². The maximum Gasteiger partial charge on any atom is 0.252 e. The van der Waals surface area contributed by atoms with E-state index in [1.54, 1.807) is 24.3 Å². The molecule has 1 rings (SSSR count). The van der Waals surface area contributed by atoms with Crippen LogP contribution in [0.25, 0.3) is 0 Å². The number of amides is 2. The van der Waals surface area contributed by atoms with Crippen LogP contribution in [0.1, 0.15) is 15.9 Å². The molecule has 82 valence electrons. The molecule has 1 atom stereocenters. The standard InChI is InChI=1S/C12H12N2O2/c1-3-10(11(13)15)14-12(16)9-6-4-8(2)5-7-9/h1,4-7,10H,2H3,(H2,13,15)(H,14,16)/t10-/m0/s1. The van der Waals surface area contributed by atoms with E-state index in [1.807, 2.05) is 6.92 Å². The zero-order chi connectivity index (χ0) is 12.1. The minimum Gasteiger partial charge on any atom is -0.367 e. The molecule has 0 unspecified atom stereocenters. The highest BCUT2D eigenvalue weighted by Crippen LogP contribution is 2.03. The van der Waals surface area contributed by atoms with Crippen LogP contribution in [0.3, 0.4) is 0 Å². The molecule has 0 saturated heterocycles. The molecule has 1 aromatic rings. The van der Waals surface area contributed by atoms with Gasteiger partial charge in [0.05, 0.1) is 0 Å². The number of carbonyl (C=O) groups excluding carboxylic acids is 2. The maximum atomic E-state index is 11.6. The van der Waals surface area contributed by atoms with Gasteiger partial charge in [-0.1, -0.05) is 23.6 Å². The molecule has 0 heterocycles. The molecule has 0 aliphatic heterocycles. The van der Waals surface area contributed by atoms with E-state index in [-0.39, 0.29) is 0 Å². The Balaban J connectivity index is 2.76. The van der Waals surface area contributed by atoms with Gasteiger partial charge in [-0.25, -0.2) is 0 Å². The Morgan fingerprint density at radius 3 is 2.38 bits per heavy atom. The van der Waals surface area contributed by atoms with Gasteiger partial charge in [-0.05, 0) is 19.1 Å². The average molecular weight is 216 g/mol. The summed E-state index contributed by atoms with van der Waals surface area (Å²) in [5.41, 5.74) is 6.48. The van der Waals surface area contributed by atoms with Gasteiger partial charge >= 0.3 is 0 Å². The molecule has 4 nitrogen and oxygen atoms in total. The highest BCUT2D eigenvalue weighted by molar-refractivity contribution is 5.98.